The molecular weight excluding hydrogens is 192 g/mol. The van der Waals surface area contributed by atoms with Crippen LogP contribution >= 0.6 is 0 Å². The maximum atomic E-state index is 10.7. The Morgan fingerprint density at radius 2 is 2.33 bits per heavy atom. The van der Waals surface area contributed by atoms with E-state index < -0.39 is 0 Å². The quantitative estimate of drug-likeness (QED) is 0.706. The molecule has 1 aliphatic heterocycles. The number of ether oxygens (including phenoxy) is 2. The van der Waals surface area contributed by atoms with Crippen molar-refractivity contribution in [3.8, 4) is 5.75 Å². The molecule has 0 bridgehead atoms. The van der Waals surface area contributed by atoms with Gasteiger partial charge in [-0.05, 0) is 18.6 Å². The van der Waals surface area contributed by atoms with Crippen LogP contribution in [0.2, 0.25) is 0 Å². The molecule has 0 saturated carbocycles. The maximum absolute atomic E-state index is 10.7. The molecule has 1 aromatic carbocycles. The minimum atomic E-state index is 0.463. The van der Waals surface area contributed by atoms with Gasteiger partial charge in [-0.15, -0.1) is 0 Å². The van der Waals surface area contributed by atoms with Crippen molar-refractivity contribution in [2.24, 2.45) is 5.92 Å². The van der Waals surface area contributed by atoms with Crippen LogP contribution in [0.1, 0.15) is 16.8 Å². The fraction of sp³-hybridized carbons (Fsp3) is 0.417. The highest BCUT2D eigenvalue weighted by atomic mass is 16.5. The number of carbonyl (C=O) groups excluding carboxylic acids is 1. The van der Waals surface area contributed by atoms with Gasteiger partial charge in [0.2, 0.25) is 0 Å². The number of hydrogen-bond donors (Lipinski definition) is 0. The standard InChI is InChI=1S/C12H14O3/c13-7-11-3-1-2-4-12(11)15-9-10-5-6-14-8-10/h1-4,7,10H,5-6,8-9H2. The second-order valence-corrected chi connectivity index (χ2v) is 3.70. The highest BCUT2D eigenvalue weighted by molar-refractivity contribution is 5.79. The summed E-state index contributed by atoms with van der Waals surface area (Å²) in [4.78, 5) is 10.7. The van der Waals surface area contributed by atoms with Gasteiger partial charge in [0.1, 0.15) is 5.75 Å². The minimum Gasteiger partial charge on any atom is -0.492 e. The summed E-state index contributed by atoms with van der Waals surface area (Å²) in [6, 6.07) is 7.27. The van der Waals surface area contributed by atoms with E-state index in [0.717, 1.165) is 25.9 Å². The molecule has 1 aromatic rings. The lowest BCUT2D eigenvalue weighted by Gasteiger charge is -2.11. The Balaban J connectivity index is 1.94. The van der Waals surface area contributed by atoms with E-state index in [2.05, 4.69) is 0 Å². The monoisotopic (exact) mass is 206 g/mol. The first kappa shape index (κ1) is 10.2. The third-order valence-corrected chi connectivity index (χ3v) is 2.54. The summed E-state index contributed by atoms with van der Waals surface area (Å²) >= 11 is 0. The molecule has 2 rings (SSSR count). The predicted molar refractivity (Wildman–Crippen MR) is 56.3 cm³/mol. The third kappa shape index (κ3) is 2.57. The molecule has 1 atom stereocenters. The Bertz CT molecular complexity index is 329. The van der Waals surface area contributed by atoms with Crippen LogP contribution in [0.25, 0.3) is 0 Å². The van der Waals surface area contributed by atoms with Crippen LogP contribution in [0.15, 0.2) is 24.3 Å². The molecule has 0 spiro atoms. The van der Waals surface area contributed by atoms with Gasteiger partial charge in [-0.3, -0.25) is 4.79 Å². The maximum Gasteiger partial charge on any atom is 0.153 e. The zero-order valence-electron chi connectivity index (χ0n) is 8.52. The van der Waals surface area contributed by atoms with E-state index in [0.29, 0.717) is 23.8 Å². The summed E-state index contributed by atoms with van der Waals surface area (Å²) in [5, 5.41) is 0. The molecule has 3 nitrogen and oxygen atoms in total. The van der Waals surface area contributed by atoms with E-state index in [1.54, 1.807) is 6.07 Å². The molecule has 3 heteroatoms. The average Bonchev–Trinajstić information content (AvgIpc) is 2.79. The molecule has 80 valence electrons. The first-order valence-corrected chi connectivity index (χ1v) is 5.15. The lowest BCUT2D eigenvalue weighted by molar-refractivity contribution is 0.111. The van der Waals surface area contributed by atoms with Crippen LogP contribution in [0.5, 0.6) is 5.75 Å². The Kier molecular flexibility index (Phi) is 3.35. The molecule has 1 aliphatic rings. The minimum absolute atomic E-state index is 0.463. The SMILES string of the molecule is O=Cc1ccccc1OCC1CCOC1. The number of carbonyl (C=O) groups is 1. The van der Waals surface area contributed by atoms with Crippen LogP contribution in [-0.4, -0.2) is 26.1 Å². The van der Waals surface area contributed by atoms with Crippen molar-refractivity contribution in [2.75, 3.05) is 19.8 Å². The predicted octanol–water partition coefficient (Wildman–Crippen LogP) is 1.91. The van der Waals surface area contributed by atoms with Gasteiger partial charge < -0.3 is 9.47 Å². The van der Waals surface area contributed by atoms with Crippen molar-refractivity contribution in [1.29, 1.82) is 0 Å². The van der Waals surface area contributed by atoms with Crippen LogP contribution in [0.3, 0.4) is 0 Å². The highest BCUT2D eigenvalue weighted by Crippen LogP contribution is 2.19. The molecule has 1 saturated heterocycles. The zero-order valence-corrected chi connectivity index (χ0v) is 8.52. The van der Waals surface area contributed by atoms with E-state index in [-0.39, 0.29) is 0 Å². The van der Waals surface area contributed by atoms with Crippen molar-refractivity contribution < 1.29 is 14.3 Å². The van der Waals surface area contributed by atoms with Gasteiger partial charge in [0, 0.05) is 12.5 Å². The smallest absolute Gasteiger partial charge is 0.153 e. The molecule has 15 heavy (non-hydrogen) atoms. The van der Waals surface area contributed by atoms with E-state index in [4.69, 9.17) is 9.47 Å². The summed E-state index contributed by atoms with van der Waals surface area (Å²) < 4.78 is 10.9. The lowest BCUT2D eigenvalue weighted by Crippen LogP contribution is -2.12. The fourth-order valence-electron chi connectivity index (χ4n) is 1.63. The first-order chi connectivity index (χ1) is 7.40. The van der Waals surface area contributed by atoms with Crippen LogP contribution in [-0.2, 0) is 4.74 Å². The molecule has 1 fully saturated rings. The molecule has 0 radical (unpaired) electrons. The summed E-state index contributed by atoms with van der Waals surface area (Å²) in [5.74, 6) is 1.13. The normalized spacial score (nSPS) is 20.1. The van der Waals surface area contributed by atoms with Crippen LogP contribution < -0.4 is 4.74 Å². The van der Waals surface area contributed by atoms with Gasteiger partial charge in [0.05, 0.1) is 18.8 Å². The van der Waals surface area contributed by atoms with Crippen LogP contribution in [0, 0.1) is 5.92 Å². The number of hydrogen-bond acceptors (Lipinski definition) is 3. The van der Waals surface area contributed by atoms with Gasteiger partial charge >= 0.3 is 0 Å². The molecule has 0 amide bonds. The first-order valence-electron chi connectivity index (χ1n) is 5.15. The number of rotatable bonds is 4. The van der Waals surface area contributed by atoms with Crippen molar-refractivity contribution in [3.63, 3.8) is 0 Å². The molecule has 1 heterocycles. The van der Waals surface area contributed by atoms with E-state index in [9.17, 15) is 4.79 Å². The summed E-state index contributed by atoms with van der Waals surface area (Å²) in [5.41, 5.74) is 0.608. The zero-order chi connectivity index (χ0) is 10.5. The molecule has 0 N–H and O–H groups in total. The van der Waals surface area contributed by atoms with Crippen molar-refractivity contribution >= 4 is 6.29 Å². The molecular formula is C12H14O3. The lowest BCUT2D eigenvalue weighted by atomic mass is 10.1. The average molecular weight is 206 g/mol. The van der Waals surface area contributed by atoms with E-state index in [1.807, 2.05) is 18.2 Å². The summed E-state index contributed by atoms with van der Waals surface area (Å²) in [6.07, 6.45) is 1.86. The van der Waals surface area contributed by atoms with Gasteiger partial charge in [-0.25, -0.2) is 0 Å². The third-order valence-electron chi connectivity index (χ3n) is 2.54. The van der Waals surface area contributed by atoms with Gasteiger partial charge in [-0.1, -0.05) is 12.1 Å². The Hall–Kier alpha value is -1.35. The summed E-state index contributed by atoms with van der Waals surface area (Å²) in [7, 11) is 0. The Morgan fingerprint density at radius 1 is 1.47 bits per heavy atom. The molecule has 0 aromatic heterocycles. The molecule has 0 aliphatic carbocycles. The highest BCUT2D eigenvalue weighted by Gasteiger charge is 2.16. The summed E-state index contributed by atoms with van der Waals surface area (Å²) in [6.45, 7) is 2.22. The van der Waals surface area contributed by atoms with E-state index in [1.165, 1.54) is 0 Å². The topological polar surface area (TPSA) is 35.5 Å². The van der Waals surface area contributed by atoms with Crippen molar-refractivity contribution in [2.45, 2.75) is 6.42 Å². The van der Waals surface area contributed by atoms with Gasteiger partial charge in [-0.2, -0.15) is 0 Å². The second-order valence-electron chi connectivity index (χ2n) is 3.70. The molecule has 1 unspecified atom stereocenters. The second kappa shape index (κ2) is 4.94. The fourth-order valence-corrected chi connectivity index (χ4v) is 1.63. The van der Waals surface area contributed by atoms with Crippen molar-refractivity contribution in [3.05, 3.63) is 29.8 Å². The van der Waals surface area contributed by atoms with Crippen molar-refractivity contribution in [1.82, 2.24) is 0 Å². The van der Waals surface area contributed by atoms with E-state index >= 15 is 0 Å². The Morgan fingerprint density at radius 3 is 3.07 bits per heavy atom. The number of aldehydes is 1. The number of benzene rings is 1. The van der Waals surface area contributed by atoms with Gasteiger partial charge in [0.15, 0.2) is 6.29 Å². The largest absolute Gasteiger partial charge is 0.492 e. The van der Waals surface area contributed by atoms with Gasteiger partial charge in [0.25, 0.3) is 0 Å². The van der Waals surface area contributed by atoms with Crippen LogP contribution in [0.4, 0.5) is 0 Å². The Labute approximate surface area is 89.0 Å². The number of para-hydroxylation sites is 1.